The third kappa shape index (κ3) is 2.52. The highest BCUT2D eigenvalue weighted by Gasteiger charge is 2.69. The summed E-state index contributed by atoms with van der Waals surface area (Å²) in [5.74, 6) is 5.59. The Hall–Kier alpha value is -0.260. The summed E-state index contributed by atoms with van der Waals surface area (Å²) in [5.41, 5.74) is 2.61. The van der Waals surface area contributed by atoms with E-state index in [9.17, 15) is 0 Å². The molecule has 0 amide bonds. The zero-order chi connectivity index (χ0) is 21.7. The Morgan fingerprint density at radius 2 is 1.47 bits per heavy atom. The zero-order valence-corrected chi connectivity index (χ0v) is 21.5. The van der Waals surface area contributed by atoms with Crippen LogP contribution < -0.4 is 0 Å². The van der Waals surface area contributed by atoms with Crippen LogP contribution in [0.2, 0.25) is 0 Å². The Bertz CT molecular complexity index is 728. The highest BCUT2D eigenvalue weighted by Crippen LogP contribution is 2.77. The van der Waals surface area contributed by atoms with Crippen LogP contribution in [0.5, 0.6) is 0 Å². The van der Waals surface area contributed by atoms with Crippen molar-refractivity contribution in [3.8, 4) is 0 Å². The van der Waals surface area contributed by atoms with Gasteiger partial charge in [0.15, 0.2) is 0 Å². The van der Waals surface area contributed by atoms with Gasteiger partial charge in [-0.3, -0.25) is 0 Å². The molecule has 5 aliphatic carbocycles. The van der Waals surface area contributed by atoms with E-state index in [1.54, 1.807) is 0 Å². The number of hydrogen-bond acceptors (Lipinski definition) is 0. The minimum Gasteiger partial charge on any atom is -0.0874 e. The Morgan fingerprint density at radius 3 is 2.17 bits per heavy atom. The molecule has 4 saturated carbocycles. The fraction of sp³-hybridized carbons (Fsp3) is 0.933. The Labute approximate surface area is 188 Å². The maximum absolute atomic E-state index is 2.80. The second-order valence-corrected chi connectivity index (χ2v) is 14.7. The van der Waals surface area contributed by atoms with Crippen molar-refractivity contribution < 1.29 is 0 Å². The Morgan fingerprint density at radius 1 is 0.733 bits per heavy atom. The van der Waals surface area contributed by atoms with Crippen LogP contribution in [0.1, 0.15) is 113 Å². The molecule has 0 heteroatoms. The molecule has 0 bridgehead atoms. The third-order valence-electron chi connectivity index (χ3n) is 13.0. The molecular formula is C30H50. The standard InChI is InChI=1S/C30H50/c1-20(2)21-12-16-27(5)18-19-29(7)22(25(21)27)10-11-24-28(6)15-9-14-26(3,4)23(28)13-17-30(24,29)8/h9,14,20-25H,10-13,15-19H2,1-8H3/t21-,22+,23-,24+,25+,27+,28+,29+,30+/m0/s1. The lowest BCUT2D eigenvalue weighted by molar-refractivity contribution is -0.226. The van der Waals surface area contributed by atoms with Gasteiger partial charge in [0.1, 0.15) is 0 Å². The van der Waals surface area contributed by atoms with Gasteiger partial charge >= 0.3 is 0 Å². The molecule has 0 aliphatic heterocycles. The molecule has 5 rings (SSSR count). The molecule has 0 nitrogen and oxygen atoms in total. The Kier molecular flexibility index (Phi) is 4.61. The van der Waals surface area contributed by atoms with E-state index in [2.05, 4.69) is 67.5 Å². The molecule has 0 saturated heterocycles. The van der Waals surface area contributed by atoms with Crippen molar-refractivity contribution in [1.29, 1.82) is 0 Å². The quantitative estimate of drug-likeness (QED) is 0.378. The lowest BCUT2D eigenvalue weighted by Gasteiger charge is -2.72. The highest BCUT2D eigenvalue weighted by atomic mass is 14.7. The zero-order valence-electron chi connectivity index (χ0n) is 21.5. The van der Waals surface area contributed by atoms with Gasteiger partial charge in [-0.05, 0) is 120 Å². The van der Waals surface area contributed by atoms with Crippen LogP contribution >= 0.6 is 0 Å². The maximum Gasteiger partial charge on any atom is -0.0141 e. The first kappa shape index (κ1) is 21.6. The normalized spacial score (nSPS) is 56.8. The summed E-state index contributed by atoms with van der Waals surface area (Å²) in [6.45, 7) is 21.1. The van der Waals surface area contributed by atoms with Crippen LogP contribution in [0.15, 0.2) is 12.2 Å². The van der Waals surface area contributed by atoms with Crippen molar-refractivity contribution >= 4 is 0 Å². The van der Waals surface area contributed by atoms with E-state index < -0.39 is 0 Å². The van der Waals surface area contributed by atoms with E-state index in [0.717, 1.165) is 35.5 Å². The Balaban J connectivity index is 1.55. The molecule has 5 aliphatic rings. The largest absolute Gasteiger partial charge is 0.0874 e. The molecule has 0 aromatic rings. The molecule has 30 heavy (non-hydrogen) atoms. The summed E-state index contributed by atoms with van der Waals surface area (Å²) >= 11 is 0. The second kappa shape index (κ2) is 6.41. The molecule has 9 atom stereocenters. The highest BCUT2D eigenvalue weighted by molar-refractivity contribution is 5.21. The molecule has 0 heterocycles. The number of fused-ring (bicyclic) bond motifs is 7. The van der Waals surface area contributed by atoms with Gasteiger partial charge in [-0.25, -0.2) is 0 Å². The monoisotopic (exact) mass is 410 g/mol. The lowest BCUT2D eigenvalue weighted by Crippen LogP contribution is -2.65. The summed E-state index contributed by atoms with van der Waals surface area (Å²) < 4.78 is 0. The molecule has 170 valence electrons. The predicted molar refractivity (Wildman–Crippen MR) is 129 cm³/mol. The summed E-state index contributed by atoms with van der Waals surface area (Å²) in [5, 5.41) is 0. The van der Waals surface area contributed by atoms with Crippen molar-refractivity contribution in [2.24, 2.45) is 62.6 Å². The summed E-state index contributed by atoms with van der Waals surface area (Å²) in [6, 6.07) is 0. The van der Waals surface area contributed by atoms with Gasteiger partial charge in [0.2, 0.25) is 0 Å². The smallest absolute Gasteiger partial charge is 0.0141 e. The predicted octanol–water partition coefficient (Wildman–Crippen LogP) is 8.91. The van der Waals surface area contributed by atoms with Crippen LogP contribution in [-0.2, 0) is 0 Å². The van der Waals surface area contributed by atoms with Crippen molar-refractivity contribution in [3.05, 3.63) is 12.2 Å². The molecule has 0 aromatic carbocycles. The van der Waals surface area contributed by atoms with Gasteiger partial charge in [-0.1, -0.05) is 67.5 Å². The molecule has 0 spiro atoms. The molecule has 0 radical (unpaired) electrons. The molecule has 4 fully saturated rings. The van der Waals surface area contributed by atoms with Crippen molar-refractivity contribution in [2.75, 3.05) is 0 Å². The van der Waals surface area contributed by atoms with E-state index >= 15 is 0 Å². The van der Waals surface area contributed by atoms with Gasteiger partial charge < -0.3 is 0 Å². The maximum atomic E-state index is 2.80. The van der Waals surface area contributed by atoms with Gasteiger partial charge in [-0.15, -0.1) is 0 Å². The van der Waals surface area contributed by atoms with Crippen molar-refractivity contribution in [2.45, 2.75) is 113 Å². The average Bonchev–Trinajstić information content (AvgIpc) is 2.99. The van der Waals surface area contributed by atoms with Crippen LogP contribution in [-0.4, -0.2) is 0 Å². The van der Waals surface area contributed by atoms with E-state index in [1.165, 1.54) is 57.8 Å². The first-order valence-electron chi connectivity index (χ1n) is 13.6. The third-order valence-corrected chi connectivity index (χ3v) is 13.0. The molecule has 0 N–H and O–H groups in total. The SMILES string of the molecule is CC(C)[C@@H]1CC[C@]2(C)CC[C@]3(C)[C@H](CC[C@@H]4[C@]5(C)CC=CC(C)(C)[C@@H]5CC[C@]43C)[C@@H]12. The van der Waals surface area contributed by atoms with Crippen LogP contribution in [0.3, 0.4) is 0 Å². The fourth-order valence-corrected chi connectivity index (χ4v) is 11.4. The minimum absolute atomic E-state index is 0.380. The van der Waals surface area contributed by atoms with Crippen molar-refractivity contribution in [1.82, 2.24) is 0 Å². The van der Waals surface area contributed by atoms with E-state index in [-0.39, 0.29) is 0 Å². The van der Waals surface area contributed by atoms with E-state index in [1.807, 2.05) is 0 Å². The van der Waals surface area contributed by atoms with Gasteiger partial charge in [0, 0.05) is 0 Å². The molecular weight excluding hydrogens is 360 g/mol. The first-order chi connectivity index (χ1) is 13.9. The number of allylic oxidation sites excluding steroid dienone is 2. The van der Waals surface area contributed by atoms with E-state index in [4.69, 9.17) is 0 Å². The first-order valence-corrected chi connectivity index (χ1v) is 13.6. The van der Waals surface area contributed by atoms with E-state index in [0.29, 0.717) is 27.1 Å². The van der Waals surface area contributed by atoms with Crippen LogP contribution in [0.25, 0.3) is 0 Å². The number of rotatable bonds is 1. The van der Waals surface area contributed by atoms with Gasteiger partial charge in [0.25, 0.3) is 0 Å². The van der Waals surface area contributed by atoms with Crippen molar-refractivity contribution in [3.63, 3.8) is 0 Å². The summed E-state index contributed by atoms with van der Waals surface area (Å²) in [4.78, 5) is 0. The van der Waals surface area contributed by atoms with Crippen LogP contribution in [0.4, 0.5) is 0 Å². The minimum atomic E-state index is 0.380. The summed E-state index contributed by atoms with van der Waals surface area (Å²) in [7, 11) is 0. The molecule has 0 unspecified atom stereocenters. The fourth-order valence-electron chi connectivity index (χ4n) is 11.4. The average molecular weight is 411 g/mol. The topological polar surface area (TPSA) is 0 Å². The van der Waals surface area contributed by atoms with Gasteiger partial charge in [0.05, 0.1) is 0 Å². The lowest BCUT2D eigenvalue weighted by atomic mass is 9.33. The van der Waals surface area contributed by atoms with Crippen LogP contribution in [0, 0.1) is 62.6 Å². The molecule has 0 aromatic heterocycles. The van der Waals surface area contributed by atoms with Gasteiger partial charge in [-0.2, -0.15) is 0 Å². The second-order valence-electron chi connectivity index (χ2n) is 14.7. The summed E-state index contributed by atoms with van der Waals surface area (Å²) in [6.07, 6.45) is 18.4. The number of hydrogen-bond donors (Lipinski definition) is 0.